The lowest BCUT2D eigenvalue weighted by Crippen LogP contribution is -1.97. The summed E-state index contributed by atoms with van der Waals surface area (Å²) in [5.41, 5.74) is 8.46. The Balaban J connectivity index is 1.30. The van der Waals surface area contributed by atoms with Crippen molar-refractivity contribution in [2.75, 3.05) is 0 Å². The maximum absolute atomic E-state index is 6.25. The van der Waals surface area contributed by atoms with E-state index in [-0.39, 0.29) is 0 Å². The van der Waals surface area contributed by atoms with Crippen molar-refractivity contribution in [3.05, 3.63) is 121 Å². The van der Waals surface area contributed by atoms with Crippen LogP contribution in [0.5, 0.6) is 11.5 Å². The van der Waals surface area contributed by atoms with Crippen LogP contribution >= 0.6 is 0 Å². The van der Waals surface area contributed by atoms with Gasteiger partial charge in [0.15, 0.2) is 0 Å². The fraction of sp³-hybridized carbons (Fsp3) is 0. The van der Waals surface area contributed by atoms with Crippen molar-refractivity contribution in [2.24, 2.45) is 0 Å². The third kappa shape index (κ3) is 3.29. The number of hydrogen-bond donors (Lipinski definition) is 0. The van der Waals surface area contributed by atoms with E-state index in [0.29, 0.717) is 0 Å². The molecule has 3 heterocycles. The number of hydrogen-bond acceptors (Lipinski definition) is 3. The van der Waals surface area contributed by atoms with Crippen LogP contribution in [0.4, 0.5) is 0 Å². The molecule has 0 spiro atoms. The van der Waals surface area contributed by atoms with Gasteiger partial charge in [0.1, 0.15) is 11.5 Å². The molecule has 0 unspecified atom stereocenters. The molecule has 0 amide bonds. The molecule has 7 rings (SSSR count). The molecule has 0 N–H and O–H groups in total. The molecule has 3 nitrogen and oxygen atoms in total. The van der Waals surface area contributed by atoms with E-state index >= 15 is 0 Å². The average molecular weight is 449 g/mol. The number of fused-ring (bicyclic) bond motifs is 2. The number of para-hydroxylation sites is 1. The Hall–Kier alpha value is -4.76. The van der Waals surface area contributed by atoms with E-state index in [4.69, 9.17) is 9.72 Å². The van der Waals surface area contributed by atoms with Crippen LogP contribution in [0.25, 0.3) is 55.7 Å². The Labute approximate surface area is 203 Å². The summed E-state index contributed by atoms with van der Waals surface area (Å²) in [6, 6.07) is 39.5. The first-order valence-electron chi connectivity index (χ1n) is 11.7. The second-order valence-corrected chi connectivity index (χ2v) is 8.64. The molecule has 0 saturated carbocycles. The molecule has 1 aliphatic rings. The van der Waals surface area contributed by atoms with Gasteiger partial charge in [0.05, 0.1) is 17.1 Å². The zero-order chi connectivity index (χ0) is 23.2. The summed E-state index contributed by atoms with van der Waals surface area (Å²) in [7, 11) is 0. The van der Waals surface area contributed by atoms with Crippen LogP contribution in [0.1, 0.15) is 0 Å². The van der Waals surface area contributed by atoms with Crippen LogP contribution in [0.2, 0.25) is 0 Å². The highest BCUT2D eigenvalue weighted by Gasteiger charge is 2.21. The van der Waals surface area contributed by atoms with Gasteiger partial charge in [-0.1, -0.05) is 78.9 Å². The van der Waals surface area contributed by atoms with Gasteiger partial charge in [0.25, 0.3) is 0 Å². The second kappa shape index (κ2) is 7.93. The lowest BCUT2D eigenvalue weighted by Gasteiger charge is -2.22. The van der Waals surface area contributed by atoms with Gasteiger partial charge in [-0.2, -0.15) is 0 Å². The van der Waals surface area contributed by atoms with Crippen LogP contribution in [0.3, 0.4) is 0 Å². The minimum atomic E-state index is 0.871. The van der Waals surface area contributed by atoms with E-state index in [0.717, 1.165) is 50.7 Å². The smallest absolute Gasteiger partial charge is 0.135 e. The first kappa shape index (κ1) is 19.7. The number of ether oxygens (including phenoxy) is 1. The Kier molecular flexibility index (Phi) is 4.46. The summed E-state index contributed by atoms with van der Waals surface area (Å²) in [5, 5.41) is 2.36. The largest absolute Gasteiger partial charge is 0.456 e. The third-order valence-corrected chi connectivity index (χ3v) is 6.57. The topological polar surface area (TPSA) is 35.0 Å². The van der Waals surface area contributed by atoms with Crippen LogP contribution in [0.15, 0.2) is 121 Å². The van der Waals surface area contributed by atoms with Crippen molar-refractivity contribution in [1.29, 1.82) is 0 Å². The molecule has 0 saturated heterocycles. The van der Waals surface area contributed by atoms with Crippen LogP contribution in [-0.2, 0) is 0 Å². The Bertz CT molecular complexity index is 1710. The summed E-state index contributed by atoms with van der Waals surface area (Å²) < 4.78 is 6.25. The lowest BCUT2D eigenvalue weighted by molar-refractivity contribution is 0.487. The summed E-state index contributed by atoms with van der Waals surface area (Å²) in [6.45, 7) is 0. The molecule has 1 aliphatic heterocycles. The van der Waals surface area contributed by atoms with Gasteiger partial charge >= 0.3 is 0 Å². The van der Waals surface area contributed by atoms with Gasteiger partial charge in [-0.25, -0.2) is 4.98 Å². The van der Waals surface area contributed by atoms with Gasteiger partial charge in [0.2, 0.25) is 0 Å². The lowest BCUT2D eigenvalue weighted by atomic mass is 9.90. The maximum Gasteiger partial charge on any atom is 0.135 e. The van der Waals surface area contributed by atoms with E-state index in [2.05, 4.69) is 71.7 Å². The quantitative estimate of drug-likeness (QED) is 0.272. The van der Waals surface area contributed by atoms with Gasteiger partial charge in [0, 0.05) is 22.7 Å². The highest BCUT2D eigenvalue weighted by Crippen LogP contribution is 2.48. The van der Waals surface area contributed by atoms with Gasteiger partial charge in [-0.15, -0.1) is 0 Å². The average Bonchev–Trinajstić information content (AvgIpc) is 2.94. The van der Waals surface area contributed by atoms with Gasteiger partial charge in [-0.3, -0.25) is 4.98 Å². The molecule has 0 bridgehead atoms. The van der Waals surface area contributed by atoms with Gasteiger partial charge < -0.3 is 4.74 Å². The van der Waals surface area contributed by atoms with Crippen molar-refractivity contribution in [3.8, 4) is 56.4 Å². The molecule has 6 aromatic rings. The summed E-state index contributed by atoms with van der Waals surface area (Å²) in [6.07, 6.45) is 1.79. The van der Waals surface area contributed by atoms with Crippen molar-refractivity contribution < 1.29 is 4.74 Å². The van der Waals surface area contributed by atoms with Crippen LogP contribution in [-0.4, -0.2) is 9.97 Å². The zero-order valence-electron chi connectivity index (χ0n) is 18.8. The minimum Gasteiger partial charge on any atom is -0.456 e. The molecular formula is C32H20N2O. The predicted octanol–water partition coefficient (Wildman–Crippen LogP) is 8.40. The van der Waals surface area contributed by atoms with Crippen LogP contribution < -0.4 is 4.74 Å². The van der Waals surface area contributed by atoms with E-state index < -0.39 is 0 Å². The monoisotopic (exact) mass is 448 g/mol. The maximum atomic E-state index is 6.25. The first-order chi connectivity index (χ1) is 17.3. The zero-order valence-corrected chi connectivity index (χ0v) is 18.8. The van der Waals surface area contributed by atoms with Crippen molar-refractivity contribution in [1.82, 2.24) is 9.97 Å². The molecule has 2 aromatic heterocycles. The highest BCUT2D eigenvalue weighted by molar-refractivity contribution is 6.09. The summed E-state index contributed by atoms with van der Waals surface area (Å²) >= 11 is 0. The fourth-order valence-corrected chi connectivity index (χ4v) is 4.91. The summed E-state index contributed by atoms with van der Waals surface area (Å²) in [5.74, 6) is 1.82. The number of pyridine rings is 2. The Morgan fingerprint density at radius 2 is 1.20 bits per heavy atom. The van der Waals surface area contributed by atoms with Crippen molar-refractivity contribution >= 4 is 10.8 Å². The van der Waals surface area contributed by atoms with Crippen molar-refractivity contribution in [3.63, 3.8) is 0 Å². The minimum absolute atomic E-state index is 0.871. The normalized spacial score (nSPS) is 11.7. The first-order valence-corrected chi connectivity index (χ1v) is 11.7. The molecule has 0 aliphatic carbocycles. The Morgan fingerprint density at radius 1 is 0.457 bits per heavy atom. The van der Waals surface area contributed by atoms with E-state index in [1.54, 1.807) is 6.20 Å². The number of nitrogens with zero attached hydrogens (tertiary/aromatic N) is 2. The summed E-state index contributed by atoms with van der Waals surface area (Å²) in [4.78, 5) is 9.28. The van der Waals surface area contributed by atoms with E-state index in [1.807, 2.05) is 48.5 Å². The number of benzene rings is 4. The Morgan fingerprint density at radius 3 is 2.09 bits per heavy atom. The molecule has 0 atom stereocenters. The highest BCUT2D eigenvalue weighted by atomic mass is 16.5. The van der Waals surface area contributed by atoms with Crippen LogP contribution in [0, 0.1) is 0 Å². The fourth-order valence-electron chi connectivity index (χ4n) is 4.91. The third-order valence-electron chi connectivity index (χ3n) is 6.57. The molecule has 3 heteroatoms. The SMILES string of the molecule is c1ccc(-c2cccc(-c3ccc(-c4ccc5c6c(cccc46)-c4ccccc4O5)cc3)n2)nc1. The molecular weight excluding hydrogens is 428 g/mol. The molecule has 0 fully saturated rings. The van der Waals surface area contributed by atoms with Gasteiger partial charge in [-0.05, 0) is 58.5 Å². The van der Waals surface area contributed by atoms with E-state index in [9.17, 15) is 0 Å². The molecule has 35 heavy (non-hydrogen) atoms. The predicted molar refractivity (Wildman–Crippen MR) is 141 cm³/mol. The van der Waals surface area contributed by atoms with Crippen molar-refractivity contribution in [2.45, 2.75) is 0 Å². The van der Waals surface area contributed by atoms with E-state index in [1.165, 1.54) is 16.5 Å². The standard InChI is InChI=1S/C32H20N2O/c1-2-13-30-24(7-1)26-9-5-8-25-23(18-19-31(35-30)32(25)26)21-14-16-22(17-15-21)27-11-6-12-29(34-27)28-10-3-4-20-33-28/h1-20H. The number of rotatable bonds is 3. The molecule has 4 aromatic carbocycles. The molecule has 0 radical (unpaired) electrons. The second-order valence-electron chi connectivity index (χ2n) is 8.64. The number of aromatic nitrogens is 2. The molecule has 164 valence electrons.